The van der Waals surface area contributed by atoms with Crippen molar-refractivity contribution in [2.75, 3.05) is 38.1 Å². The number of benzene rings is 1. The van der Waals surface area contributed by atoms with E-state index in [1.165, 1.54) is 10.9 Å². The molecule has 4 rings (SSSR count). The Labute approximate surface area is 170 Å². The van der Waals surface area contributed by atoms with Gasteiger partial charge < -0.3 is 19.7 Å². The van der Waals surface area contributed by atoms with Gasteiger partial charge in [0.2, 0.25) is 5.91 Å². The van der Waals surface area contributed by atoms with E-state index in [-0.39, 0.29) is 5.91 Å². The van der Waals surface area contributed by atoms with Crippen molar-refractivity contribution in [2.24, 2.45) is 12.0 Å². The largest absolute Gasteiger partial charge is 0.356 e. The summed E-state index contributed by atoms with van der Waals surface area (Å²) in [4.78, 5) is 20.8. The number of carbonyl (C=O) groups excluding carboxylic acids is 1. The molecule has 3 heterocycles. The van der Waals surface area contributed by atoms with Gasteiger partial charge in [0.05, 0.1) is 11.9 Å². The second-order valence-electron chi connectivity index (χ2n) is 7.23. The van der Waals surface area contributed by atoms with Crippen molar-refractivity contribution in [1.82, 2.24) is 24.6 Å². The number of guanidine groups is 1. The minimum absolute atomic E-state index is 0.0611. The fourth-order valence-corrected chi connectivity index (χ4v) is 3.79. The number of aromatic nitrogens is 3. The molecule has 8 heteroatoms. The van der Waals surface area contributed by atoms with Crippen LogP contribution in [0.25, 0.3) is 10.9 Å². The summed E-state index contributed by atoms with van der Waals surface area (Å²) in [6.07, 6.45) is 6.70. The van der Waals surface area contributed by atoms with Gasteiger partial charge >= 0.3 is 0 Å². The fraction of sp³-hybridized carbons (Fsp3) is 0.381. The minimum Gasteiger partial charge on any atom is -0.356 e. The summed E-state index contributed by atoms with van der Waals surface area (Å²) in [5.74, 6) is 0.840. The second-order valence-corrected chi connectivity index (χ2v) is 7.23. The molecule has 0 radical (unpaired) electrons. The third-order valence-electron chi connectivity index (χ3n) is 5.27. The van der Waals surface area contributed by atoms with Crippen molar-refractivity contribution in [2.45, 2.75) is 13.0 Å². The summed E-state index contributed by atoms with van der Waals surface area (Å²) in [7, 11) is 3.62. The molecule has 0 saturated carbocycles. The molecule has 1 N–H and O–H groups in total. The van der Waals surface area contributed by atoms with E-state index in [1.807, 2.05) is 18.1 Å². The third-order valence-corrected chi connectivity index (χ3v) is 5.27. The Bertz CT molecular complexity index is 1020. The van der Waals surface area contributed by atoms with Crippen LogP contribution in [-0.2, 0) is 18.4 Å². The number of amides is 1. The van der Waals surface area contributed by atoms with Crippen LogP contribution in [0.2, 0.25) is 0 Å². The third kappa shape index (κ3) is 4.11. The Morgan fingerprint density at radius 3 is 2.86 bits per heavy atom. The van der Waals surface area contributed by atoms with Gasteiger partial charge in [-0.05, 0) is 23.9 Å². The van der Waals surface area contributed by atoms with Crippen LogP contribution in [-0.4, -0.2) is 64.3 Å². The molecule has 1 amide bonds. The van der Waals surface area contributed by atoms with Gasteiger partial charge in [-0.25, -0.2) is 0 Å². The Hall–Kier alpha value is -3.29. The monoisotopic (exact) mass is 393 g/mol. The molecule has 3 aromatic rings. The predicted molar refractivity (Wildman–Crippen MR) is 115 cm³/mol. The molecule has 1 aliphatic heterocycles. The van der Waals surface area contributed by atoms with Crippen molar-refractivity contribution in [3.63, 3.8) is 0 Å². The first kappa shape index (κ1) is 19.0. The maximum Gasteiger partial charge on any atom is 0.246 e. The van der Waals surface area contributed by atoms with Gasteiger partial charge in [-0.15, -0.1) is 0 Å². The summed E-state index contributed by atoms with van der Waals surface area (Å²) in [5, 5.41) is 8.83. The zero-order chi connectivity index (χ0) is 20.2. The second kappa shape index (κ2) is 8.38. The molecule has 1 aromatic carbocycles. The van der Waals surface area contributed by atoms with E-state index in [9.17, 15) is 4.79 Å². The Morgan fingerprint density at radius 2 is 2.10 bits per heavy atom. The van der Waals surface area contributed by atoms with Crippen LogP contribution in [0, 0.1) is 0 Å². The summed E-state index contributed by atoms with van der Waals surface area (Å²) in [5.41, 5.74) is 2.10. The van der Waals surface area contributed by atoms with Crippen LogP contribution in [0.15, 0.2) is 53.9 Å². The number of aryl methyl sites for hydroxylation is 2. The SMILES string of the molecule is CN=C(NCCCn1ccc2ccccc21)N1CCN(c2cnn(C)c2)C(=O)C1. The van der Waals surface area contributed by atoms with E-state index in [4.69, 9.17) is 0 Å². The lowest BCUT2D eigenvalue weighted by atomic mass is 10.2. The maximum atomic E-state index is 12.6. The number of anilines is 1. The molecule has 0 bridgehead atoms. The average molecular weight is 393 g/mol. The predicted octanol–water partition coefficient (Wildman–Crippen LogP) is 1.69. The van der Waals surface area contributed by atoms with Crippen LogP contribution in [0.3, 0.4) is 0 Å². The van der Waals surface area contributed by atoms with Crippen LogP contribution in [0.1, 0.15) is 6.42 Å². The zero-order valence-corrected chi connectivity index (χ0v) is 17.0. The molecule has 2 aromatic heterocycles. The van der Waals surface area contributed by atoms with E-state index in [0.717, 1.165) is 37.7 Å². The molecule has 0 spiro atoms. The van der Waals surface area contributed by atoms with Crippen molar-refractivity contribution in [3.05, 3.63) is 48.9 Å². The number of piperazine rings is 1. The van der Waals surface area contributed by atoms with Crippen LogP contribution < -0.4 is 10.2 Å². The lowest BCUT2D eigenvalue weighted by Gasteiger charge is -2.35. The number of nitrogens with one attached hydrogen (secondary N) is 1. The van der Waals surface area contributed by atoms with E-state index < -0.39 is 0 Å². The molecule has 29 heavy (non-hydrogen) atoms. The highest BCUT2D eigenvalue weighted by Crippen LogP contribution is 2.17. The number of para-hydroxylation sites is 1. The van der Waals surface area contributed by atoms with Gasteiger partial charge in [-0.3, -0.25) is 14.5 Å². The van der Waals surface area contributed by atoms with Crippen molar-refractivity contribution >= 4 is 28.5 Å². The van der Waals surface area contributed by atoms with Crippen LogP contribution >= 0.6 is 0 Å². The summed E-state index contributed by atoms with van der Waals surface area (Å²) in [6.45, 7) is 3.42. The van der Waals surface area contributed by atoms with Crippen molar-refractivity contribution < 1.29 is 4.79 Å². The quantitative estimate of drug-likeness (QED) is 0.407. The highest BCUT2D eigenvalue weighted by Gasteiger charge is 2.27. The maximum absolute atomic E-state index is 12.6. The molecule has 1 saturated heterocycles. The first-order chi connectivity index (χ1) is 14.2. The van der Waals surface area contributed by atoms with Gasteiger partial charge in [-0.1, -0.05) is 18.2 Å². The number of aliphatic imine (C=N–C) groups is 1. The van der Waals surface area contributed by atoms with Gasteiger partial charge in [0.15, 0.2) is 5.96 Å². The van der Waals surface area contributed by atoms with E-state index in [1.54, 1.807) is 22.8 Å². The molecular formula is C21H27N7O. The topological polar surface area (TPSA) is 70.7 Å². The Kier molecular flexibility index (Phi) is 5.50. The zero-order valence-electron chi connectivity index (χ0n) is 17.0. The molecule has 1 fully saturated rings. The summed E-state index contributed by atoms with van der Waals surface area (Å²) in [6, 6.07) is 10.6. The highest BCUT2D eigenvalue weighted by atomic mass is 16.2. The Morgan fingerprint density at radius 1 is 1.24 bits per heavy atom. The first-order valence-corrected chi connectivity index (χ1v) is 9.94. The first-order valence-electron chi connectivity index (χ1n) is 9.94. The van der Waals surface area contributed by atoms with E-state index in [0.29, 0.717) is 13.1 Å². The normalized spacial score (nSPS) is 15.4. The molecule has 0 aliphatic carbocycles. The number of fused-ring (bicyclic) bond motifs is 1. The van der Waals surface area contributed by atoms with E-state index >= 15 is 0 Å². The number of nitrogens with zero attached hydrogens (tertiary/aromatic N) is 6. The highest BCUT2D eigenvalue weighted by molar-refractivity contribution is 5.98. The molecule has 0 unspecified atom stereocenters. The van der Waals surface area contributed by atoms with Gasteiger partial charge in [-0.2, -0.15) is 5.10 Å². The minimum atomic E-state index is 0.0611. The standard InChI is InChI=1S/C21H27N7O/c1-22-21(23-9-5-10-26-11-8-17-6-3-4-7-19(17)26)27-12-13-28(20(29)16-27)18-14-24-25(2)15-18/h3-4,6-8,11,14-15H,5,9-10,12-13,16H2,1-2H3,(H,22,23). The van der Waals surface area contributed by atoms with Gasteiger partial charge in [0.1, 0.15) is 6.54 Å². The Balaban J connectivity index is 1.28. The van der Waals surface area contributed by atoms with Crippen LogP contribution in [0.4, 0.5) is 5.69 Å². The smallest absolute Gasteiger partial charge is 0.246 e. The number of carbonyl (C=O) groups is 1. The summed E-state index contributed by atoms with van der Waals surface area (Å²) < 4.78 is 3.99. The van der Waals surface area contributed by atoms with Crippen molar-refractivity contribution in [3.8, 4) is 0 Å². The lowest BCUT2D eigenvalue weighted by molar-refractivity contribution is -0.120. The molecule has 0 atom stereocenters. The summed E-state index contributed by atoms with van der Waals surface area (Å²) >= 11 is 0. The van der Waals surface area contributed by atoms with Crippen LogP contribution in [0.5, 0.6) is 0 Å². The van der Waals surface area contributed by atoms with Crippen molar-refractivity contribution in [1.29, 1.82) is 0 Å². The van der Waals surface area contributed by atoms with E-state index in [2.05, 4.69) is 56.5 Å². The molecular weight excluding hydrogens is 366 g/mol. The number of hydrogen-bond acceptors (Lipinski definition) is 3. The fourth-order valence-electron chi connectivity index (χ4n) is 3.79. The molecule has 8 nitrogen and oxygen atoms in total. The average Bonchev–Trinajstić information content (AvgIpc) is 3.34. The number of rotatable bonds is 5. The van der Waals surface area contributed by atoms with Gasteiger partial charge in [0.25, 0.3) is 0 Å². The molecule has 1 aliphatic rings. The lowest BCUT2D eigenvalue weighted by Crippen LogP contribution is -2.55. The molecule has 152 valence electrons. The van der Waals surface area contributed by atoms with Gasteiger partial charge in [0, 0.05) is 58.2 Å². The number of hydrogen-bond donors (Lipinski definition) is 1.